The van der Waals surface area contributed by atoms with E-state index in [1.165, 1.54) is 0 Å². The van der Waals surface area contributed by atoms with Gasteiger partial charge in [-0.2, -0.15) is 0 Å². The molecule has 0 unspecified atom stereocenters. The number of imide groups is 1. The highest BCUT2D eigenvalue weighted by Crippen LogP contribution is 2.37. The minimum atomic E-state index is -0.447. The Kier molecular flexibility index (Phi) is 7.81. The Hall–Kier alpha value is -2.01. The minimum Gasteiger partial charge on any atom is -0.490 e. The summed E-state index contributed by atoms with van der Waals surface area (Å²) in [5, 5.41) is -0.426. The van der Waals surface area contributed by atoms with Crippen LogP contribution in [0.3, 0.4) is 0 Å². The first-order chi connectivity index (χ1) is 14.4. The topological polar surface area (TPSA) is 76.2 Å². The van der Waals surface area contributed by atoms with E-state index in [9.17, 15) is 14.4 Å². The molecule has 3 rings (SSSR count). The van der Waals surface area contributed by atoms with Crippen molar-refractivity contribution in [1.82, 2.24) is 9.80 Å². The second-order valence-electron chi connectivity index (χ2n) is 6.72. The standard InChI is InChI=1S/C21H23IN2O5S/c1-3-9-29-19-15(22)10-14(11-16(19)28-4-2)12-17-20(26)24(21(27)30-17)13-18(25)23-7-5-6-8-23/h3,10-12H,1,4-9,13H2,2H3/b17-12+. The molecule has 0 aliphatic carbocycles. The van der Waals surface area contributed by atoms with Gasteiger partial charge >= 0.3 is 0 Å². The van der Waals surface area contributed by atoms with Crippen molar-refractivity contribution < 1.29 is 23.9 Å². The highest BCUT2D eigenvalue weighted by atomic mass is 127. The number of nitrogens with zero attached hydrogens (tertiary/aromatic N) is 2. The molecule has 2 fully saturated rings. The highest BCUT2D eigenvalue weighted by molar-refractivity contribution is 14.1. The Bertz CT molecular complexity index is 896. The van der Waals surface area contributed by atoms with Gasteiger partial charge in [0.15, 0.2) is 11.5 Å². The fourth-order valence-electron chi connectivity index (χ4n) is 3.21. The van der Waals surface area contributed by atoms with Crippen LogP contribution in [0.2, 0.25) is 0 Å². The van der Waals surface area contributed by atoms with Crippen molar-refractivity contribution in [3.8, 4) is 11.5 Å². The second-order valence-corrected chi connectivity index (χ2v) is 8.87. The molecule has 1 aromatic carbocycles. The van der Waals surface area contributed by atoms with E-state index in [0.717, 1.165) is 33.1 Å². The Labute approximate surface area is 193 Å². The summed E-state index contributed by atoms with van der Waals surface area (Å²) in [4.78, 5) is 40.5. The lowest BCUT2D eigenvalue weighted by Gasteiger charge is -2.18. The summed E-state index contributed by atoms with van der Waals surface area (Å²) >= 11 is 2.98. The zero-order valence-corrected chi connectivity index (χ0v) is 19.7. The van der Waals surface area contributed by atoms with Crippen molar-refractivity contribution in [2.24, 2.45) is 0 Å². The normalized spacial score (nSPS) is 17.7. The molecule has 0 spiro atoms. The molecule has 160 valence electrons. The molecule has 2 aliphatic rings. The van der Waals surface area contributed by atoms with Gasteiger partial charge in [0.2, 0.25) is 5.91 Å². The van der Waals surface area contributed by atoms with Crippen LogP contribution < -0.4 is 9.47 Å². The van der Waals surface area contributed by atoms with Crippen molar-refractivity contribution >= 4 is 57.5 Å². The molecule has 30 heavy (non-hydrogen) atoms. The van der Waals surface area contributed by atoms with E-state index < -0.39 is 11.1 Å². The van der Waals surface area contributed by atoms with Crippen LogP contribution in [-0.2, 0) is 9.59 Å². The number of ether oxygens (including phenoxy) is 2. The van der Waals surface area contributed by atoms with E-state index in [1.54, 1.807) is 23.1 Å². The van der Waals surface area contributed by atoms with Gasteiger partial charge in [0, 0.05) is 13.1 Å². The van der Waals surface area contributed by atoms with E-state index in [-0.39, 0.29) is 17.4 Å². The molecule has 0 atom stereocenters. The molecule has 2 aliphatic heterocycles. The van der Waals surface area contributed by atoms with E-state index in [0.29, 0.717) is 43.4 Å². The summed E-state index contributed by atoms with van der Waals surface area (Å²) in [6.45, 7) is 7.49. The van der Waals surface area contributed by atoms with Gasteiger partial charge in [0.05, 0.1) is 15.1 Å². The predicted molar refractivity (Wildman–Crippen MR) is 125 cm³/mol. The first-order valence-electron chi connectivity index (χ1n) is 9.67. The number of halogens is 1. The van der Waals surface area contributed by atoms with Gasteiger partial charge in [-0.15, -0.1) is 0 Å². The maximum Gasteiger partial charge on any atom is 0.294 e. The third-order valence-corrected chi connectivity index (χ3v) is 6.31. The number of carbonyl (C=O) groups is 3. The third-order valence-electron chi connectivity index (χ3n) is 4.60. The molecule has 3 amide bonds. The molecule has 0 radical (unpaired) electrons. The molecule has 0 saturated carbocycles. The number of hydrogen-bond donors (Lipinski definition) is 0. The molecule has 9 heteroatoms. The Morgan fingerprint density at radius 1 is 1.27 bits per heavy atom. The number of benzene rings is 1. The zero-order valence-electron chi connectivity index (χ0n) is 16.7. The van der Waals surface area contributed by atoms with E-state index in [2.05, 4.69) is 29.2 Å². The van der Waals surface area contributed by atoms with Crippen LogP contribution in [0.5, 0.6) is 11.5 Å². The molecule has 0 bridgehead atoms. The van der Waals surface area contributed by atoms with Gasteiger partial charge in [0.1, 0.15) is 13.2 Å². The van der Waals surface area contributed by atoms with Crippen molar-refractivity contribution in [2.45, 2.75) is 19.8 Å². The van der Waals surface area contributed by atoms with Gasteiger partial charge in [-0.1, -0.05) is 12.7 Å². The van der Waals surface area contributed by atoms with Crippen LogP contribution in [0, 0.1) is 3.57 Å². The van der Waals surface area contributed by atoms with Crippen molar-refractivity contribution in [1.29, 1.82) is 0 Å². The minimum absolute atomic E-state index is 0.187. The maximum absolute atomic E-state index is 12.8. The van der Waals surface area contributed by atoms with Crippen LogP contribution in [0.25, 0.3) is 6.08 Å². The summed E-state index contributed by atoms with van der Waals surface area (Å²) in [5.41, 5.74) is 0.713. The Balaban J connectivity index is 1.80. The average Bonchev–Trinajstić information content (AvgIpc) is 3.33. The lowest BCUT2D eigenvalue weighted by atomic mass is 10.2. The molecule has 0 aromatic heterocycles. The molecular formula is C21H23IN2O5S. The molecular weight excluding hydrogens is 519 g/mol. The van der Waals surface area contributed by atoms with Gasteiger partial charge < -0.3 is 14.4 Å². The number of rotatable bonds is 8. The van der Waals surface area contributed by atoms with Gasteiger partial charge in [-0.05, 0) is 77.9 Å². The Morgan fingerprint density at radius 2 is 2.00 bits per heavy atom. The van der Waals surface area contributed by atoms with Gasteiger partial charge in [-0.25, -0.2) is 0 Å². The van der Waals surface area contributed by atoms with Crippen molar-refractivity contribution in [3.05, 3.63) is 38.8 Å². The quantitative estimate of drug-likeness (QED) is 0.282. The third kappa shape index (κ3) is 5.18. The van der Waals surface area contributed by atoms with E-state index in [1.807, 2.05) is 13.0 Å². The molecule has 2 heterocycles. The monoisotopic (exact) mass is 542 g/mol. The highest BCUT2D eigenvalue weighted by Gasteiger charge is 2.37. The predicted octanol–water partition coefficient (Wildman–Crippen LogP) is 3.91. The van der Waals surface area contributed by atoms with Gasteiger partial charge in [0.25, 0.3) is 11.1 Å². The fourth-order valence-corrected chi connectivity index (χ4v) is 4.83. The molecule has 7 nitrogen and oxygen atoms in total. The van der Waals surface area contributed by atoms with E-state index in [4.69, 9.17) is 9.47 Å². The summed E-state index contributed by atoms with van der Waals surface area (Å²) < 4.78 is 12.2. The number of amides is 3. The van der Waals surface area contributed by atoms with Crippen LogP contribution in [0.15, 0.2) is 29.7 Å². The largest absolute Gasteiger partial charge is 0.490 e. The second kappa shape index (κ2) is 10.3. The smallest absolute Gasteiger partial charge is 0.294 e. The number of hydrogen-bond acceptors (Lipinski definition) is 6. The van der Waals surface area contributed by atoms with Gasteiger partial charge in [-0.3, -0.25) is 19.3 Å². The van der Waals surface area contributed by atoms with E-state index >= 15 is 0 Å². The summed E-state index contributed by atoms with van der Waals surface area (Å²) in [7, 11) is 0. The summed E-state index contributed by atoms with van der Waals surface area (Å²) in [6, 6.07) is 3.62. The Morgan fingerprint density at radius 3 is 2.67 bits per heavy atom. The summed E-state index contributed by atoms with van der Waals surface area (Å²) in [6.07, 6.45) is 5.22. The summed E-state index contributed by atoms with van der Waals surface area (Å²) in [5.74, 6) is 0.533. The molecule has 1 aromatic rings. The first kappa shape index (κ1) is 22.7. The van der Waals surface area contributed by atoms with Crippen LogP contribution in [0.1, 0.15) is 25.3 Å². The van der Waals surface area contributed by atoms with Crippen molar-refractivity contribution in [2.75, 3.05) is 32.8 Å². The molecule has 0 N–H and O–H groups in total. The number of carbonyl (C=O) groups excluding carboxylic acids is 3. The average molecular weight is 542 g/mol. The van der Waals surface area contributed by atoms with Crippen LogP contribution in [-0.4, -0.2) is 59.7 Å². The SMILES string of the molecule is C=CCOc1c(I)cc(/C=C2/SC(=O)N(CC(=O)N3CCCC3)C2=O)cc1OCC. The first-order valence-corrected chi connectivity index (χ1v) is 11.6. The lowest BCUT2D eigenvalue weighted by molar-refractivity contribution is -0.135. The van der Waals surface area contributed by atoms with Crippen LogP contribution in [0.4, 0.5) is 4.79 Å². The number of likely N-dealkylation sites (tertiary alicyclic amines) is 1. The van der Waals surface area contributed by atoms with Crippen LogP contribution >= 0.6 is 34.4 Å². The number of thioether (sulfide) groups is 1. The maximum atomic E-state index is 12.8. The zero-order chi connectivity index (χ0) is 21.7. The lowest BCUT2D eigenvalue weighted by Crippen LogP contribution is -2.40. The fraction of sp³-hybridized carbons (Fsp3) is 0.381. The molecule has 2 saturated heterocycles. The van der Waals surface area contributed by atoms with Crippen molar-refractivity contribution in [3.63, 3.8) is 0 Å².